The van der Waals surface area contributed by atoms with Gasteiger partial charge in [0.1, 0.15) is 0 Å². The average molecular weight is 252 g/mol. The van der Waals surface area contributed by atoms with Gasteiger partial charge in [0.15, 0.2) is 0 Å². The highest BCUT2D eigenvalue weighted by Gasteiger charge is 2.07. The van der Waals surface area contributed by atoms with E-state index >= 15 is 0 Å². The molecule has 0 fully saturated rings. The van der Waals surface area contributed by atoms with Crippen LogP contribution in [0.4, 0.5) is 11.4 Å². The smallest absolute Gasteiger partial charge is 0.0915 e. The van der Waals surface area contributed by atoms with Crippen LogP contribution in [0.25, 0.3) is 22.1 Å². The summed E-state index contributed by atoms with van der Waals surface area (Å²) in [6, 6.07) is 9.76. The third-order valence-corrected chi connectivity index (χ3v) is 3.26. The van der Waals surface area contributed by atoms with Gasteiger partial charge in [-0.2, -0.15) is 0 Å². The number of anilines is 2. The van der Waals surface area contributed by atoms with E-state index in [9.17, 15) is 0 Å². The van der Waals surface area contributed by atoms with Gasteiger partial charge in [0.05, 0.1) is 22.1 Å². The summed E-state index contributed by atoms with van der Waals surface area (Å²) in [6.45, 7) is 2.09. The molecule has 0 amide bonds. The van der Waals surface area contributed by atoms with Crippen LogP contribution in [0.5, 0.6) is 0 Å². The van der Waals surface area contributed by atoms with Crippen molar-refractivity contribution in [2.24, 2.45) is 0 Å². The molecule has 0 radical (unpaired) electrons. The maximum absolute atomic E-state index is 5.79. The van der Waals surface area contributed by atoms with E-state index in [0.717, 1.165) is 27.8 Å². The Morgan fingerprint density at radius 1 is 0.895 bits per heavy atom. The summed E-state index contributed by atoms with van der Waals surface area (Å²) in [5.74, 6) is 0. The summed E-state index contributed by atoms with van der Waals surface area (Å²) in [5.41, 5.74) is 12.4. The zero-order valence-corrected chi connectivity index (χ0v) is 11.3. The van der Waals surface area contributed by atoms with Crippen LogP contribution in [-0.2, 0) is 0 Å². The maximum atomic E-state index is 5.79. The summed E-state index contributed by atoms with van der Waals surface area (Å²) < 4.78 is 0. The van der Waals surface area contributed by atoms with Crippen LogP contribution < -0.4 is 10.6 Å². The summed E-state index contributed by atoms with van der Waals surface area (Å²) in [5, 5.41) is 0. The summed E-state index contributed by atoms with van der Waals surface area (Å²) in [6.07, 6.45) is 0. The number of rotatable bonds is 1. The molecule has 2 N–H and O–H groups in total. The predicted octanol–water partition coefficient (Wildman–Crippen LogP) is 2.74. The molecule has 0 spiro atoms. The summed E-state index contributed by atoms with van der Waals surface area (Å²) in [7, 11) is 4.06. The Balaban J connectivity index is 2.35. The van der Waals surface area contributed by atoms with Crippen molar-refractivity contribution in [2.75, 3.05) is 24.7 Å². The predicted molar refractivity (Wildman–Crippen MR) is 80.5 cm³/mol. The molecule has 0 aliphatic carbocycles. The average Bonchev–Trinajstić information content (AvgIpc) is 2.35. The third kappa shape index (κ3) is 1.95. The Labute approximate surface area is 111 Å². The van der Waals surface area contributed by atoms with Crippen molar-refractivity contribution in [1.29, 1.82) is 0 Å². The van der Waals surface area contributed by atoms with E-state index in [1.165, 1.54) is 5.56 Å². The van der Waals surface area contributed by atoms with Crippen molar-refractivity contribution in [3.8, 4) is 0 Å². The molecule has 96 valence electrons. The van der Waals surface area contributed by atoms with Gasteiger partial charge in [0.25, 0.3) is 0 Å². The highest BCUT2D eigenvalue weighted by molar-refractivity contribution is 5.90. The molecule has 0 atom stereocenters. The van der Waals surface area contributed by atoms with E-state index < -0.39 is 0 Å². The van der Waals surface area contributed by atoms with Crippen molar-refractivity contribution in [3.63, 3.8) is 0 Å². The lowest BCUT2D eigenvalue weighted by Crippen LogP contribution is -2.10. The van der Waals surface area contributed by atoms with Crippen LogP contribution in [-0.4, -0.2) is 24.1 Å². The summed E-state index contributed by atoms with van der Waals surface area (Å²) >= 11 is 0. The molecule has 3 rings (SSSR count). The SMILES string of the molecule is Cc1cc2nc3ccc(N)cc3nc2cc1N(C)C. The van der Waals surface area contributed by atoms with Crippen LogP contribution in [0.3, 0.4) is 0 Å². The highest BCUT2D eigenvalue weighted by atomic mass is 15.1. The Morgan fingerprint density at radius 3 is 2.26 bits per heavy atom. The van der Waals surface area contributed by atoms with E-state index in [-0.39, 0.29) is 0 Å². The van der Waals surface area contributed by atoms with Gasteiger partial charge >= 0.3 is 0 Å². The molecule has 0 bridgehead atoms. The lowest BCUT2D eigenvalue weighted by Gasteiger charge is -2.16. The molecule has 1 heterocycles. The first-order valence-corrected chi connectivity index (χ1v) is 6.19. The zero-order chi connectivity index (χ0) is 13.6. The van der Waals surface area contributed by atoms with Gasteiger partial charge in [-0.25, -0.2) is 9.97 Å². The maximum Gasteiger partial charge on any atom is 0.0915 e. The number of nitrogens with zero attached hydrogens (tertiary/aromatic N) is 3. The normalized spacial score (nSPS) is 11.1. The first kappa shape index (κ1) is 11.7. The third-order valence-electron chi connectivity index (χ3n) is 3.26. The molecule has 3 aromatic rings. The van der Waals surface area contributed by atoms with E-state index in [0.29, 0.717) is 5.69 Å². The van der Waals surface area contributed by atoms with Gasteiger partial charge in [-0.3, -0.25) is 0 Å². The van der Waals surface area contributed by atoms with Crippen LogP contribution in [0, 0.1) is 6.92 Å². The second-order valence-corrected chi connectivity index (χ2v) is 4.99. The Morgan fingerprint density at radius 2 is 1.53 bits per heavy atom. The second kappa shape index (κ2) is 4.09. The number of benzene rings is 2. The minimum atomic E-state index is 0.709. The molecule has 0 aliphatic heterocycles. The Hall–Kier alpha value is -2.36. The molecule has 0 aliphatic rings. The lowest BCUT2D eigenvalue weighted by atomic mass is 10.1. The fourth-order valence-corrected chi connectivity index (χ4v) is 2.32. The van der Waals surface area contributed by atoms with Gasteiger partial charge < -0.3 is 10.6 Å². The largest absolute Gasteiger partial charge is 0.399 e. The Bertz CT molecular complexity index is 778. The number of hydrogen-bond donors (Lipinski definition) is 1. The molecule has 0 unspecified atom stereocenters. The minimum Gasteiger partial charge on any atom is -0.399 e. The van der Waals surface area contributed by atoms with Crippen molar-refractivity contribution in [2.45, 2.75) is 6.92 Å². The van der Waals surface area contributed by atoms with Gasteiger partial charge in [0.2, 0.25) is 0 Å². The zero-order valence-electron chi connectivity index (χ0n) is 11.3. The topological polar surface area (TPSA) is 55.0 Å². The quantitative estimate of drug-likeness (QED) is 0.534. The fraction of sp³-hybridized carbons (Fsp3) is 0.200. The molecule has 0 saturated heterocycles. The molecule has 19 heavy (non-hydrogen) atoms. The fourth-order valence-electron chi connectivity index (χ4n) is 2.32. The first-order chi connectivity index (χ1) is 9.04. The molecule has 1 aromatic heterocycles. The molecule has 4 heteroatoms. The second-order valence-electron chi connectivity index (χ2n) is 4.99. The van der Waals surface area contributed by atoms with Gasteiger partial charge in [-0.15, -0.1) is 0 Å². The standard InChI is InChI=1S/C15H16N4/c1-9-6-12-14(8-15(9)19(2)3)18-13-7-10(16)4-5-11(13)17-12/h4-8H,16H2,1-3H3. The van der Waals surface area contributed by atoms with E-state index in [2.05, 4.69) is 33.9 Å². The number of fused-ring (bicyclic) bond motifs is 2. The molecular weight excluding hydrogens is 236 g/mol. The Kier molecular flexibility index (Phi) is 2.52. The van der Waals surface area contributed by atoms with E-state index in [4.69, 9.17) is 5.73 Å². The molecule has 4 nitrogen and oxygen atoms in total. The number of nitrogens with two attached hydrogens (primary N) is 1. The van der Waals surface area contributed by atoms with Crippen molar-refractivity contribution in [1.82, 2.24) is 9.97 Å². The summed E-state index contributed by atoms with van der Waals surface area (Å²) in [4.78, 5) is 11.4. The van der Waals surface area contributed by atoms with E-state index in [1.807, 2.05) is 32.3 Å². The number of nitrogen functional groups attached to an aromatic ring is 1. The molecule has 2 aromatic carbocycles. The van der Waals surface area contributed by atoms with Crippen molar-refractivity contribution in [3.05, 3.63) is 35.9 Å². The van der Waals surface area contributed by atoms with Gasteiger partial charge in [-0.1, -0.05) is 0 Å². The van der Waals surface area contributed by atoms with Crippen LogP contribution in [0.1, 0.15) is 5.56 Å². The van der Waals surface area contributed by atoms with Crippen molar-refractivity contribution < 1.29 is 0 Å². The van der Waals surface area contributed by atoms with Gasteiger partial charge in [0, 0.05) is 25.5 Å². The lowest BCUT2D eigenvalue weighted by molar-refractivity contribution is 1.12. The molecular formula is C15H16N4. The first-order valence-electron chi connectivity index (χ1n) is 6.19. The highest BCUT2D eigenvalue weighted by Crippen LogP contribution is 2.25. The van der Waals surface area contributed by atoms with Crippen LogP contribution >= 0.6 is 0 Å². The minimum absolute atomic E-state index is 0.709. The van der Waals surface area contributed by atoms with Crippen molar-refractivity contribution >= 4 is 33.4 Å². The van der Waals surface area contributed by atoms with Crippen LogP contribution in [0.15, 0.2) is 30.3 Å². The van der Waals surface area contributed by atoms with E-state index in [1.54, 1.807) is 0 Å². The van der Waals surface area contributed by atoms with Crippen LogP contribution in [0.2, 0.25) is 0 Å². The number of aromatic nitrogens is 2. The monoisotopic (exact) mass is 252 g/mol. The van der Waals surface area contributed by atoms with Gasteiger partial charge in [-0.05, 0) is 42.8 Å². The molecule has 0 saturated carbocycles. The number of aryl methyl sites for hydroxylation is 1. The number of hydrogen-bond acceptors (Lipinski definition) is 4.